The minimum Gasteiger partial charge on any atom is -0.375 e. The zero-order chi connectivity index (χ0) is 22.4. The number of sulfonamides is 1. The molecule has 1 saturated heterocycles. The Hall–Kier alpha value is -2.59. The summed E-state index contributed by atoms with van der Waals surface area (Å²) in [5, 5.41) is 7.41. The molecule has 0 spiro atoms. The standard InChI is InChI=1S/C17H16F3N7O2S2/c18-17(19,20)11-6-5-10(13(14(11)31(22,28)29)15-24-26-27-25-15)8-1-3-9(4-2-8)12-7-30-16(21)23-12/h1-7,15,24-27H,(H2,21,23)(H2,22,28,29). The summed E-state index contributed by atoms with van der Waals surface area (Å²) >= 11 is 1.28. The molecule has 3 aromatic rings. The Balaban J connectivity index is 1.91. The van der Waals surface area contributed by atoms with E-state index in [0.29, 0.717) is 22.5 Å². The maximum Gasteiger partial charge on any atom is 0.417 e. The van der Waals surface area contributed by atoms with E-state index >= 15 is 0 Å². The molecule has 164 valence electrons. The number of benzene rings is 2. The van der Waals surface area contributed by atoms with Gasteiger partial charge >= 0.3 is 6.18 Å². The molecular formula is C17H16F3N7O2S2. The minimum absolute atomic E-state index is 0.180. The van der Waals surface area contributed by atoms with Crippen LogP contribution in [-0.4, -0.2) is 13.4 Å². The first-order chi connectivity index (χ1) is 14.6. The van der Waals surface area contributed by atoms with Crippen LogP contribution in [0.1, 0.15) is 17.3 Å². The molecule has 1 aliphatic heterocycles. The van der Waals surface area contributed by atoms with Crippen molar-refractivity contribution < 1.29 is 21.6 Å². The second-order valence-electron chi connectivity index (χ2n) is 6.57. The molecule has 2 heterocycles. The number of aromatic nitrogens is 1. The van der Waals surface area contributed by atoms with E-state index in [2.05, 4.69) is 26.9 Å². The van der Waals surface area contributed by atoms with Gasteiger partial charge in [-0.3, -0.25) is 0 Å². The van der Waals surface area contributed by atoms with Gasteiger partial charge in [-0.15, -0.1) is 11.3 Å². The van der Waals surface area contributed by atoms with E-state index in [1.165, 1.54) is 17.4 Å². The molecule has 31 heavy (non-hydrogen) atoms. The Labute approximate surface area is 178 Å². The quantitative estimate of drug-likeness (QED) is 0.338. The van der Waals surface area contributed by atoms with Gasteiger partial charge in [0.2, 0.25) is 10.0 Å². The number of hydrogen-bond donors (Lipinski definition) is 6. The van der Waals surface area contributed by atoms with Crippen LogP contribution in [0.4, 0.5) is 18.3 Å². The smallest absolute Gasteiger partial charge is 0.375 e. The second-order valence-corrected chi connectivity index (χ2v) is 8.95. The molecule has 0 atom stereocenters. The largest absolute Gasteiger partial charge is 0.417 e. The average molecular weight is 471 g/mol. The number of nitrogen functional groups attached to an aromatic ring is 1. The van der Waals surface area contributed by atoms with Crippen molar-refractivity contribution in [2.45, 2.75) is 17.2 Å². The Kier molecular flexibility index (Phi) is 5.47. The van der Waals surface area contributed by atoms with Crippen LogP contribution >= 0.6 is 11.3 Å². The summed E-state index contributed by atoms with van der Waals surface area (Å²) in [6, 6.07) is 8.66. The van der Waals surface area contributed by atoms with Gasteiger partial charge in [0.1, 0.15) is 11.1 Å². The Morgan fingerprint density at radius 2 is 1.61 bits per heavy atom. The number of nitrogens with two attached hydrogens (primary N) is 2. The number of halogens is 3. The van der Waals surface area contributed by atoms with Crippen LogP contribution in [-0.2, 0) is 16.2 Å². The SMILES string of the molecule is Nc1nc(-c2ccc(-c3ccc(C(F)(F)F)c(S(N)(=O)=O)c3C3NNNN3)cc2)cs1. The molecule has 0 saturated carbocycles. The summed E-state index contributed by atoms with van der Waals surface area (Å²) in [6.07, 6.45) is -5.95. The number of anilines is 1. The number of thiazole rings is 1. The number of nitrogens with zero attached hydrogens (tertiary/aromatic N) is 1. The highest BCUT2D eigenvalue weighted by atomic mass is 32.2. The van der Waals surface area contributed by atoms with Gasteiger partial charge in [0.15, 0.2) is 5.13 Å². The van der Waals surface area contributed by atoms with E-state index in [1.54, 1.807) is 29.6 Å². The van der Waals surface area contributed by atoms with Crippen LogP contribution in [0.15, 0.2) is 46.7 Å². The maximum absolute atomic E-state index is 13.6. The number of nitrogens with one attached hydrogen (secondary N) is 4. The van der Waals surface area contributed by atoms with Gasteiger partial charge in [-0.05, 0) is 17.2 Å². The molecule has 1 aliphatic rings. The van der Waals surface area contributed by atoms with Crippen molar-refractivity contribution >= 4 is 26.5 Å². The number of alkyl halides is 3. The summed E-state index contributed by atoms with van der Waals surface area (Å²) < 4.78 is 65.4. The number of rotatable bonds is 4. The van der Waals surface area contributed by atoms with Crippen molar-refractivity contribution in [3.63, 3.8) is 0 Å². The molecule has 0 amide bonds. The van der Waals surface area contributed by atoms with Crippen LogP contribution in [0.2, 0.25) is 0 Å². The summed E-state index contributed by atoms with van der Waals surface area (Å²) in [5.74, 6) is 0. The van der Waals surface area contributed by atoms with Crippen LogP contribution in [0, 0.1) is 0 Å². The highest BCUT2D eigenvalue weighted by molar-refractivity contribution is 7.89. The first-order valence-electron chi connectivity index (χ1n) is 8.65. The highest BCUT2D eigenvalue weighted by Crippen LogP contribution is 2.41. The van der Waals surface area contributed by atoms with Crippen molar-refractivity contribution in [1.82, 2.24) is 26.9 Å². The van der Waals surface area contributed by atoms with Crippen LogP contribution in [0.3, 0.4) is 0 Å². The van der Waals surface area contributed by atoms with E-state index in [1.807, 2.05) is 0 Å². The minimum atomic E-state index is -4.93. The van der Waals surface area contributed by atoms with E-state index in [-0.39, 0.29) is 11.1 Å². The third kappa shape index (κ3) is 4.27. The predicted octanol–water partition coefficient (Wildman–Crippen LogP) is 1.84. The number of hydrazine groups is 3. The topological polar surface area (TPSA) is 147 Å². The van der Waals surface area contributed by atoms with E-state index in [0.717, 1.165) is 5.56 Å². The second kappa shape index (κ2) is 7.83. The van der Waals surface area contributed by atoms with Gasteiger partial charge in [-0.25, -0.2) is 29.4 Å². The molecule has 0 aliphatic carbocycles. The third-order valence-corrected chi connectivity index (χ3v) is 6.27. The van der Waals surface area contributed by atoms with E-state index in [9.17, 15) is 21.6 Å². The lowest BCUT2D eigenvalue weighted by molar-refractivity contribution is -0.140. The van der Waals surface area contributed by atoms with Crippen molar-refractivity contribution in [3.8, 4) is 22.4 Å². The highest BCUT2D eigenvalue weighted by Gasteiger charge is 2.40. The average Bonchev–Trinajstić information content (AvgIpc) is 3.37. The van der Waals surface area contributed by atoms with Gasteiger partial charge in [-0.2, -0.15) is 24.2 Å². The molecule has 4 rings (SSSR count). The molecule has 1 fully saturated rings. The zero-order valence-corrected chi connectivity index (χ0v) is 17.1. The predicted molar refractivity (Wildman–Crippen MR) is 109 cm³/mol. The molecule has 1 aromatic heterocycles. The fraction of sp³-hybridized carbons (Fsp3) is 0.118. The normalized spacial score (nSPS) is 15.5. The molecule has 2 aromatic carbocycles. The van der Waals surface area contributed by atoms with E-state index < -0.39 is 32.8 Å². The lowest BCUT2D eigenvalue weighted by Gasteiger charge is -2.22. The van der Waals surface area contributed by atoms with Crippen molar-refractivity contribution in [2.75, 3.05) is 5.73 Å². The molecule has 8 N–H and O–H groups in total. The van der Waals surface area contributed by atoms with Gasteiger partial charge in [0.25, 0.3) is 0 Å². The fourth-order valence-corrected chi connectivity index (χ4v) is 4.90. The summed E-state index contributed by atoms with van der Waals surface area (Å²) in [6.45, 7) is 0. The van der Waals surface area contributed by atoms with E-state index in [4.69, 9.17) is 10.9 Å². The lowest BCUT2D eigenvalue weighted by atomic mass is 9.94. The molecule has 0 unspecified atom stereocenters. The Morgan fingerprint density at radius 1 is 1.00 bits per heavy atom. The summed E-state index contributed by atoms with van der Waals surface area (Å²) in [5.41, 5.74) is 16.5. The molecule has 9 nitrogen and oxygen atoms in total. The van der Waals surface area contributed by atoms with Crippen LogP contribution in [0.5, 0.6) is 0 Å². The van der Waals surface area contributed by atoms with Crippen LogP contribution in [0.25, 0.3) is 22.4 Å². The molecule has 14 heteroatoms. The van der Waals surface area contributed by atoms with Gasteiger partial charge in [0.05, 0.1) is 11.3 Å². The number of primary sulfonamides is 1. The van der Waals surface area contributed by atoms with Gasteiger partial charge < -0.3 is 5.73 Å². The first-order valence-corrected chi connectivity index (χ1v) is 11.1. The fourth-order valence-electron chi connectivity index (χ4n) is 3.31. The third-order valence-electron chi connectivity index (χ3n) is 4.58. The lowest BCUT2D eigenvalue weighted by Crippen LogP contribution is -2.33. The number of hydrogen-bond acceptors (Lipinski definition) is 9. The Morgan fingerprint density at radius 3 is 2.13 bits per heavy atom. The van der Waals surface area contributed by atoms with Gasteiger partial charge in [-0.1, -0.05) is 30.3 Å². The van der Waals surface area contributed by atoms with Crippen molar-refractivity contribution in [1.29, 1.82) is 0 Å². The first kappa shape index (κ1) is 21.6. The molecule has 0 bridgehead atoms. The van der Waals surface area contributed by atoms with Crippen LogP contribution < -0.4 is 32.8 Å². The maximum atomic E-state index is 13.6. The van der Waals surface area contributed by atoms with Gasteiger partial charge in [0, 0.05) is 16.5 Å². The monoisotopic (exact) mass is 471 g/mol. The summed E-state index contributed by atoms with van der Waals surface area (Å²) in [7, 11) is -4.74. The zero-order valence-electron chi connectivity index (χ0n) is 15.5. The Bertz CT molecular complexity index is 1220. The van der Waals surface area contributed by atoms with Crippen molar-refractivity contribution in [3.05, 3.63) is 52.9 Å². The summed E-state index contributed by atoms with van der Waals surface area (Å²) in [4.78, 5) is 3.18. The molecule has 0 radical (unpaired) electrons. The molecular weight excluding hydrogens is 455 g/mol. The van der Waals surface area contributed by atoms with Crippen molar-refractivity contribution in [2.24, 2.45) is 5.14 Å².